The molecule has 1 atom stereocenters. The lowest BCUT2D eigenvalue weighted by Crippen LogP contribution is -2.18. The molecular weight excluding hydrogens is 262 g/mol. The van der Waals surface area contributed by atoms with Crippen LogP contribution in [0.15, 0.2) is 18.2 Å². The molecule has 1 N–H and O–H groups in total. The van der Waals surface area contributed by atoms with E-state index in [1.165, 1.54) is 11.8 Å². The number of ether oxygens (including phenoxy) is 1. The Hall–Kier alpha value is -1.07. The summed E-state index contributed by atoms with van der Waals surface area (Å²) in [6.45, 7) is 2.03. The Morgan fingerprint density at radius 2 is 2.05 bits per heavy atom. The molecule has 1 unspecified atom stereocenters. The van der Waals surface area contributed by atoms with Crippen molar-refractivity contribution < 1.29 is 13.2 Å². The summed E-state index contributed by atoms with van der Waals surface area (Å²) in [5.74, 6) is 1.06. The van der Waals surface area contributed by atoms with Gasteiger partial charge in [-0.3, -0.25) is 0 Å². The van der Waals surface area contributed by atoms with Gasteiger partial charge in [0.25, 0.3) is 0 Å². The second kappa shape index (κ2) is 6.91. The lowest BCUT2D eigenvalue weighted by molar-refractivity contribution is 0.398. The summed E-state index contributed by atoms with van der Waals surface area (Å²) in [7, 11) is 0.639. The predicted molar refractivity (Wildman–Crippen MR) is 78.5 cm³/mol. The Labute approximate surface area is 116 Å². The van der Waals surface area contributed by atoms with E-state index in [1.54, 1.807) is 7.11 Å². The van der Waals surface area contributed by atoms with E-state index in [0.717, 1.165) is 17.7 Å². The van der Waals surface area contributed by atoms with Crippen molar-refractivity contribution in [1.82, 2.24) is 5.32 Å². The first-order valence-electron chi connectivity index (χ1n) is 6.37. The molecule has 0 heterocycles. The van der Waals surface area contributed by atoms with E-state index in [4.69, 9.17) is 4.74 Å². The topological polar surface area (TPSA) is 55.4 Å². The maximum absolute atomic E-state index is 11.2. The van der Waals surface area contributed by atoms with Gasteiger partial charge in [0.15, 0.2) is 0 Å². The van der Waals surface area contributed by atoms with Gasteiger partial charge >= 0.3 is 0 Å². The molecule has 5 heteroatoms. The first-order chi connectivity index (χ1) is 8.87. The van der Waals surface area contributed by atoms with Gasteiger partial charge in [-0.1, -0.05) is 17.7 Å². The van der Waals surface area contributed by atoms with Gasteiger partial charge in [-0.15, -0.1) is 0 Å². The van der Waals surface area contributed by atoms with Crippen molar-refractivity contribution in [2.75, 3.05) is 26.2 Å². The van der Waals surface area contributed by atoms with Crippen LogP contribution in [-0.2, 0) is 9.84 Å². The molecule has 0 fully saturated rings. The van der Waals surface area contributed by atoms with Gasteiger partial charge in [0, 0.05) is 23.6 Å². The lowest BCUT2D eigenvalue weighted by Gasteiger charge is -2.19. The van der Waals surface area contributed by atoms with Crippen LogP contribution in [0.3, 0.4) is 0 Å². The SMILES string of the molecule is CNC(CCCS(C)(=O)=O)c1cc(C)ccc1OC. The van der Waals surface area contributed by atoms with E-state index < -0.39 is 9.84 Å². The highest BCUT2D eigenvalue weighted by Gasteiger charge is 2.15. The summed E-state index contributed by atoms with van der Waals surface area (Å²) in [5.41, 5.74) is 2.25. The second-order valence-corrected chi connectivity index (χ2v) is 7.12. The van der Waals surface area contributed by atoms with E-state index >= 15 is 0 Å². The average Bonchev–Trinajstić information content (AvgIpc) is 2.33. The Bertz CT molecular complexity index is 511. The second-order valence-electron chi connectivity index (χ2n) is 4.86. The first kappa shape index (κ1) is 16.0. The van der Waals surface area contributed by atoms with Gasteiger partial charge in [0.1, 0.15) is 15.6 Å². The minimum absolute atomic E-state index is 0.108. The van der Waals surface area contributed by atoms with E-state index in [9.17, 15) is 8.42 Å². The highest BCUT2D eigenvalue weighted by atomic mass is 32.2. The smallest absolute Gasteiger partial charge is 0.147 e. The average molecular weight is 285 g/mol. The van der Waals surface area contributed by atoms with Crippen molar-refractivity contribution in [1.29, 1.82) is 0 Å². The number of hydrogen-bond acceptors (Lipinski definition) is 4. The summed E-state index contributed by atoms with van der Waals surface area (Å²) in [4.78, 5) is 0. The van der Waals surface area contributed by atoms with Gasteiger partial charge in [0.05, 0.1) is 7.11 Å². The van der Waals surface area contributed by atoms with Gasteiger partial charge in [-0.25, -0.2) is 8.42 Å². The van der Waals surface area contributed by atoms with Crippen LogP contribution >= 0.6 is 0 Å². The van der Waals surface area contributed by atoms with Gasteiger partial charge in [-0.2, -0.15) is 0 Å². The van der Waals surface area contributed by atoms with E-state index in [-0.39, 0.29) is 11.8 Å². The van der Waals surface area contributed by atoms with Crippen LogP contribution in [0.1, 0.15) is 30.0 Å². The molecule has 0 aliphatic carbocycles. The molecule has 0 saturated heterocycles. The lowest BCUT2D eigenvalue weighted by atomic mass is 9.99. The Morgan fingerprint density at radius 3 is 2.58 bits per heavy atom. The Balaban J connectivity index is 2.82. The molecule has 0 aromatic heterocycles. The minimum atomic E-state index is -2.89. The summed E-state index contributed by atoms with van der Waals surface area (Å²) >= 11 is 0. The zero-order valence-electron chi connectivity index (χ0n) is 12.1. The van der Waals surface area contributed by atoms with Crippen LogP contribution in [-0.4, -0.2) is 34.6 Å². The van der Waals surface area contributed by atoms with Gasteiger partial charge < -0.3 is 10.1 Å². The minimum Gasteiger partial charge on any atom is -0.496 e. The molecule has 0 radical (unpaired) electrons. The number of benzene rings is 1. The number of aryl methyl sites for hydroxylation is 1. The number of nitrogens with one attached hydrogen (secondary N) is 1. The molecule has 0 aliphatic heterocycles. The number of rotatable bonds is 7. The summed E-state index contributed by atoms with van der Waals surface area (Å²) in [6, 6.07) is 6.15. The van der Waals surface area contributed by atoms with E-state index in [0.29, 0.717) is 6.42 Å². The fraction of sp³-hybridized carbons (Fsp3) is 0.571. The number of hydrogen-bond donors (Lipinski definition) is 1. The van der Waals surface area contributed by atoms with E-state index in [2.05, 4.69) is 11.4 Å². The molecule has 1 rings (SSSR count). The molecule has 1 aromatic rings. The third-order valence-corrected chi connectivity index (χ3v) is 4.15. The molecule has 0 saturated carbocycles. The van der Waals surface area contributed by atoms with Crippen LogP contribution < -0.4 is 10.1 Å². The molecule has 0 aliphatic rings. The number of sulfone groups is 1. The molecule has 4 nitrogen and oxygen atoms in total. The van der Waals surface area contributed by atoms with Crippen molar-refractivity contribution >= 4 is 9.84 Å². The van der Waals surface area contributed by atoms with Crippen LogP contribution in [0.4, 0.5) is 0 Å². The van der Waals surface area contributed by atoms with Crippen molar-refractivity contribution in [3.8, 4) is 5.75 Å². The maximum Gasteiger partial charge on any atom is 0.147 e. The fourth-order valence-corrected chi connectivity index (χ4v) is 2.82. The number of methoxy groups -OCH3 is 1. The largest absolute Gasteiger partial charge is 0.496 e. The van der Waals surface area contributed by atoms with Crippen LogP contribution in [0, 0.1) is 6.92 Å². The van der Waals surface area contributed by atoms with Crippen molar-refractivity contribution in [2.45, 2.75) is 25.8 Å². The van der Waals surface area contributed by atoms with Crippen molar-refractivity contribution in [3.05, 3.63) is 29.3 Å². The van der Waals surface area contributed by atoms with Crippen LogP contribution in [0.25, 0.3) is 0 Å². The molecular formula is C14H23NO3S. The molecule has 19 heavy (non-hydrogen) atoms. The van der Waals surface area contributed by atoms with Crippen molar-refractivity contribution in [2.24, 2.45) is 0 Å². The molecule has 0 spiro atoms. The Kier molecular flexibility index (Phi) is 5.82. The summed E-state index contributed by atoms with van der Waals surface area (Å²) in [6.07, 6.45) is 2.68. The van der Waals surface area contributed by atoms with Crippen LogP contribution in [0.5, 0.6) is 5.75 Å². The summed E-state index contributed by atoms with van der Waals surface area (Å²) < 4.78 is 27.7. The predicted octanol–water partition coefficient (Wildman–Crippen LogP) is 2.09. The van der Waals surface area contributed by atoms with Crippen LogP contribution in [0.2, 0.25) is 0 Å². The molecule has 1 aromatic carbocycles. The fourth-order valence-electron chi connectivity index (χ4n) is 2.13. The van der Waals surface area contributed by atoms with E-state index in [1.807, 2.05) is 26.1 Å². The summed E-state index contributed by atoms with van der Waals surface area (Å²) in [5, 5.41) is 3.23. The Morgan fingerprint density at radius 1 is 1.37 bits per heavy atom. The third-order valence-electron chi connectivity index (χ3n) is 3.12. The standard InChI is InChI=1S/C14H23NO3S/c1-11-7-8-14(18-3)12(10-11)13(15-2)6-5-9-19(4,16)17/h7-8,10,13,15H,5-6,9H2,1-4H3. The highest BCUT2D eigenvalue weighted by Crippen LogP contribution is 2.29. The quantitative estimate of drug-likeness (QED) is 0.833. The molecule has 0 amide bonds. The normalized spacial score (nSPS) is 13.3. The zero-order chi connectivity index (χ0) is 14.5. The zero-order valence-corrected chi connectivity index (χ0v) is 12.9. The molecule has 0 bridgehead atoms. The third kappa shape index (κ3) is 5.20. The molecule has 108 valence electrons. The monoisotopic (exact) mass is 285 g/mol. The maximum atomic E-state index is 11.2. The van der Waals surface area contributed by atoms with Crippen molar-refractivity contribution in [3.63, 3.8) is 0 Å². The first-order valence-corrected chi connectivity index (χ1v) is 8.43. The van der Waals surface area contributed by atoms with Gasteiger partial charge in [0.2, 0.25) is 0 Å². The highest BCUT2D eigenvalue weighted by molar-refractivity contribution is 7.90. The van der Waals surface area contributed by atoms with Gasteiger partial charge in [-0.05, 0) is 32.9 Å².